The maximum Gasteiger partial charge on any atom is 0.343 e. The van der Waals surface area contributed by atoms with Crippen molar-refractivity contribution in [1.82, 2.24) is 0 Å². The van der Waals surface area contributed by atoms with Crippen LogP contribution in [-0.4, -0.2) is 27.1 Å². The fourth-order valence-corrected chi connectivity index (χ4v) is 2.54. The number of ether oxygens (including phenoxy) is 2. The van der Waals surface area contributed by atoms with Crippen LogP contribution in [0, 0.1) is 0 Å². The van der Waals surface area contributed by atoms with Gasteiger partial charge in [-0.3, -0.25) is 4.79 Å². The van der Waals surface area contributed by atoms with Crippen LogP contribution < -0.4 is 9.47 Å². The van der Waals surface area contributed by atoms with Crippen molar-refractivity contribution >= 4 is 11.8 Å². The molecule has 0 saturated carbocycles. The molecule has 0 amide bonds. The maximum atomic E-state index is 12.2. The van der Waals surface area contributed by atoms with E-state index in [0.717, 1.165) is 0 Å². The van der Waals surface area contributed by atoms with Crippen molar-refractivity contribution in [2.75, 3.05) is 0 Å². The zero-order valence-corrected chi connectivity index (χ0v) is 15.4. The second-order valence-corrected chi connectivity index (χ2v) is 6.21. The molecule has 1 unspecified atom stereocenters. The molecule has 3 rings (SSSR count). The summed E-state index contributed by atoms with van der Waals surface area (Å²) in [7, 11) is 0. The van der Waals surface area contributed by atoms with E-state index in [-0.39, 0.29) is 39.9 Å². The highest BCUT2D eigenvalue weighted by Crippen LogP contribution is 2.29. The van der Waals surface area contributed by atoms with Gasteiger partial charge in [-0.05, 0) is 73.7 Å². The number of hydrogen-bond donors (Lipinski definition) is 3. The Balaban J connectivity index is 1.79. The first kappa shape index (κ1) is 19.9. The number of benzene rings is 3. The second-order valence-electron chi connectivity index (χ2n) is 6.21. The third-order valence-corrected chi connectivity index (χ3v) is 4.06. The van der Waals surface area contributed by atoms with Crippen LogP contribution in [0.1, 0.15) is 39.5 Å². The highest BCUT2D eigenvalue weighted by Gasteiger charge is 2.17. The summed E-state index contributed by atoms with van der Waals surface area (Å²) in [5, 5.41) is 28.8. The summed E-state index contributed by atoms with van der Waals surface area (Å²) < 4.78 is 10.7. The molecule has 3 aromatic rings. The molecule has 0 aliphatic rings. The van der Waals surface area contributed by atoms with Gasteiger partial charge in [0.15, 0.2) is 5.78 Å². The Kier molecular flexibility index (Phi) is 5.80. The molecule has 3 aromatic carbocycles. The van der Waals surface area contributed by atoms with E-state index < -0.39 is 12.3 Å². The lowest BCUT2D eigenvalue weighted by Crippen LogP contribution is -2.11. The van der Waals surface area contributed by atoms with Gasteiger partial charge in [0.1, 0.15) is 23.0 Å². The van der Waals surface area contributed by atoms with Crippen molar-refractivity contribution in [3.05, 3.63) is 83.4 Å². The van der Waals surface area contributed by atoms with Crippen molar-refractivity contribution in [3.63, 3.8) is 0 Å². The topological polar surface area (TPSA) is 113 Å². The molecule has 0 aromatic heterocycles. The van der Waals surface area contributed by atoms with Crippen LogP contribution in [0.25, 0.3) is 0 Å². The van der Waals surface area contributed by atoms with E-state index >= 15 is 0 Å². The van der Waals surface area contributed by atoms with Crippen LogP contribution >= 0.6 is 0 Å². The predicted octanol–water partition coefficient (Wildman–Crippen LogP) is 3.59. The standard InChI is InChI=1S/C22H18O7/c1-13(23)19-12-18(28-21(26)14-2-6-16(24)7-3-14)10-11-20(19)29-22(27)15-4-8-17(25)9-5-15/h2-12,22,24-25,27H,1H3. The number of Topliss-reactive ketones (excluding diaryl/α,β-unsaturated/α-hetero) is 1. The summed E-state index contributed by atoms with van der Waals surface area (Å²) in [6.45, 7) is 1.32. The minimum absolute atomic E-state index is 0.0223. The van der Waals surface area contributed by atoms with Gasteiger partial charge in [-0.25, -0.2) is 4.79 Å². The smallest absolute Gasteiger partial charge is 0.343 e. The van der Waals surface area contributed by atoms with Gasteiger partial charge in [-0.2, -0.15) is 0 Å². The maximum absolute atomic E-state index is 12.2. The number of esters is 1. The van der Waals surface area contributed by atoms with Gasteiger partial charge in [0.05, 0.1) is 11.1 Å². The number of hydrogen-bond acceptors (Lipinski definition) is 7. The monoisotopic (exact) mass is 394 g/mol. The zero-order chi connectivity index (χ0) is 21.0. The number of aliphatic hydroxyl groups is 1. The average molecular weight is 394 g/mol. The lowest BCUT2D eigenvalue weighted by molar-refractivity contribution is -0.0198. The molecule has 0 spiro atoms. The largest absolute Gasteiger partial charge is 0.508 e. The Labute approximate surface area is 166 Å². The number of carbonyl (C=O) groups excluding carboxylic acids is 2. The first-order valence-electron chi connectivity index (χ1n) is 8.63. The fraction of sp³-hybridized carbons (Fsp3) is 0.0909. The van der Waals surface area contributed by atoms with Crippen LogP contribution in [0.5, 0.6) is 23.0 Å². The van der Waals surface area contributed by atoms with Gasteiger partial charge in [-0.1, -0.05) is 0 Å². The van der Waals surface area contributed by atoms with Gasteiger partial charge in [0.2, 0.25) is 6.29 Å². The molecule has 1 atom stereocenters. The van der Waals surface area contributed by atoms with E-state index in [1.165, 1.54) is 73.7 Å². The molecule has 0 saturated heterocycles. The highest BCUT2D eigenvalue weighted by atomic mass is 16.6. The van der Waals surface area contributed by atoms with Crippen LogP contribution in [0.4, 0.5) is 0 Å². The molecule has 0 heterocycles. The molecule has 0 fully saturated rings. The molecule has 29 heavy (non-hydrogen) atoms. The highest BCUT2D eigenvalue weighted by molar-refractivity contribution is 5.97. The van der Waals surface area contributed by atoms with E-state index in [1.807, 2.05) is 0 Å². The van der Waals surface area contributed by atoms with E-state index in [9.17, 15) is 24.9 Å². The van der Waals surface area contributed by atoms with E-state index in [0.29, 0.717) is 5.56 Å². The third kappa shape index (κ3) is 4.91. The van der Waals surface area contributed by atoms with E-state index in [2.05, 4.69) is 0 Å². The fourth-order valence-electron chi connectivity index (χ4n) is 2.54. The molecule has 7 nitrogen and oxygen atoms in total. The second kappa shape index (κ2) is 8.45. The van der Waals surface area contributed by atoms with Gasteiger partial charge >= 0.3 is 5.97 Å². The minimum Gasteiger partial charge on any atom is -0.508 e. The molecule has 0 radical (unpaired) electrons. The summed E-state index contributed by atoms with van der Waals surface area (Å²) in [6, 6.07) is 15.5. The third-order valence-electron chi connectivity index (χ3n) is 4.06. The Morgan fingerprint density at radius 2 is 1.45 bits per heavy atom. The number of phenols is 2. The zero-order valence-electron chi connectivity index (χ0n) is 15.4. The van der Waals surface area contributed by atoms with Gasteiger partial charge in [0, 0.05) is 5.56 Å². The predicted molar refractivity (Wildman–Crippen MR) is 103 cm³/mol. The Morgan fingerprint density at radius 1 is 0.862 bits per heavy atom. The van der Waals surface area contributed by atoms with Gasteiger partial charge in [-0.15, -0.1) is 0 Å². The summed E-state index contributed by atoms with van der Waals surface area (Å²) >= 11 is 0. The van der Waals surface area contributed by atoms with Crippen molar-refractivity contribution in [3.8, 4) is 23.0 Å². The Bertz CT molecular complexity index is 1020. The molecule has 148 valence electrons. The van der Waals surface area contributed by atoms with Crippen LogP contribution in [-0.2, 0) is 0 Å². The number of ketones is 1. The van der Waals surface area contributed by atoms with Crippen molar-refractivity contribution in [1.29, 1.82) is 0 Å². The van der Waals surface area contributed by atoms with E-state index in [1.54, 1.807) is 0 Å². The van der Waals surface area contributed by atoms with Gasteiger partial charge in [0.25, 0.3) is 0 Å². The number of phenolic OH excluding ortho intramolecular Hbond substituents is 2. The molecule has 0 aliphatic heterocycles. The lowest BCUT2D eigenvalue weighted by Gasteiger charge is -2.16. The Hall–Kier alpha value is -3.84. The normalized spacial score (nSPS) is 11.5. The van der Waals surface area contributed by atoms with Crippen LogP contribution in [0.15, 0.2) is 66.7 Å². The average Bonchev–Trinajstić information content (AvgIpc) is 2.69. The molecule has 7 heteroatoms. The summed E-state index contributed by atoms with van der Waals surface area (Å²) in [6.07, 6.45) is -1.36. The molecule has 3 N–H and O–H groups in total. The Morgan fingerprint density at radius 3 is 2.03 bits per heavy atom. The first-order chi connectivity index (χ1) is 13.8. The van der Waals surface area contributed by atoms with E-state index in [4.69, 9.17) is 9.47 Å². The SMILES string of the molecule is CC(=O)c1cc(OC(=O)c2ccc(O)cc2)ccc1OC(O)c1ccc(O)cc1. The number of aromatic hydroxyl groups is 2. The van der Waals surface area contributed by atoms with Crippen molar-refractivity contribution in [2.24, 2.45) is 0 Å². The minimum atomic E-state index is -1.36. The van der Waals surface area contributed by atoms with Crippen molar-refractivity contribution in [2.45, 2.75) is 13.2 Å². The molecule has 0 aliphatic carbocycles. The molecule has 0 bridgehead atoms. The number of aliphatic hydroxyl groups excluding tert-OH is 1. The van der Waals surface area contributed by atoms with Gasteiger partial charge < -0.3 is 24.8 Å². The van der Waals surface area contributed by atoms with Crippen LogP contribution in [0.2, 0.25) is 0 Å². The summed E-state index contributed by atoms with van der Waals surface area (Å²) in [5.74, 6) is -0.695. The van der Waals surface area contributed by atoms with Crippen molar-refractivity contribution < 1.29 is 34.4 Å². The number of rotatable bonds is 6. The number of carbonyl (C=O) groups is 2. The summed E-state index contributed by atoms with van der Waals surface area (Å²) in [5.41, 5.74) is 0.745. The molecular weight excluding hydrogens is 376 g/mol. The lowest BCUT2D eigenvalue weighted by atomic mass is 10.1. The van der Waals surface area contributed by atoms with Crippen LogP contribution in [0.3, 0.4) is 0 Å². The quantitative estimate of drug-likeness (QED) is 0.253. The first-order valence-corrected chi connectivity index (χ1v) is 8.63. The summed E-state index contributed by atoms with van der Waals surface area (Å²) in [4.78, 5) is 24.2. The molecular formula is C22H18O7.